The fourth-order valence-corrected chi connectivity index (χ4v) is 7.51. The van der Waals surface area contributed by atoms with E-state index in [1.54, 1.807) is 30.6 Å². The number of carbonyl (C=O) groups is 2. The van der Waals surface area contributed by atoms with Crippen molar-refractivity contribution in [2.45, 2.75) is 25.8 Å². The van der Waals surface area contributed by atoms with E-state index >= 15 is 0 Å². The van der Waals surface area contributed by atoms with Gasteiger partial charge in [0, 0.05) is 0 Å². The second-order valence-electron chi connectivity index (χ2n) is 8.28. The van der Waals surface area contributed by atoms with Crippen molar-refractivity contribution >= 4 is 63.7 Å². The number of nitrogens with one attached hydrogen (secondary N) is 2. The minimum atomic E-state index is -2.26. The van der Waals surface area contributed by atoms with Crippen LogP contribution < -0.4 is 19.7 Å². The van der Waals surface area contributed by atoms with E-state index in [4.69, 9.17) is 27.9 Å². The van der Waals surface area contributed by atoms with Crippen molar-refractivity contribution in [3.05, 3.63) is 93.9 Å². The number of fused-ring (bicyclic) bond motifs is 1. The Morgan fingerprint density at radius 3 is 2.65 bits per heavy atom. The number of benzene rings is 2. The summed E-state index contributed by atoms with van der Waals surface area (Å²) in [6.45, 7) is 2.29. The van der Waals surface area contributed by atoms with E-state index in [-0.39, 0.29) is 17.7 Å². The van der Waals surface area contributed by atoms with E-state index in [1.165, 1.54) is 0 Å². The van der Waals surface area contributed by atoms with Crippen LogP contribution in [0.4, 0.5) is 4.79 Å². The number of amides is 2. The monoisotopic (exact) mass is 598 g/mol. The topological polar surface area (TPSA) is 93.2 Å². The second kappa shape index (κ2) is 12.4. The summed E-state index contributed by atoms with van der Waals surface area (Å²) in [6.07, 6.45) is 3.33. The molecule has 7 nitrogen and oxygen atoms in total. The molecule has 2 N–H and O–H groups in total. The molecule has 37 heavy (non-hydrogen) atoms. The van der Waals surface area contributed by atoms with Gasteiger partial charge in [-0.3, -0.25) is 0 Å². The Morgan fingerprint density at radius 2 is 1.86 bits per heavy atom. The van der Waals surface area contributed by atoms with Gasteiger partial charge in [-0.05, 0) is 0 Å². The minimum absolute atomic E-state index is 0.0474. The van der Waals surface area contributed by atoms with Gasteiger partial charge in [-0.25, -0.2) is 0 Å². The molecule has 4 aromatic rings. The average molecular weight is 599 g/mol. The molecule has 0 saturated heterocycles. The predicted octanol–water partition coefficient (Wildman–Crippen LogP) is 4.76. The van der Waals surface area contributed by atoms with Crippen molar-refractivity contribution < 1.29 is 14.3 Å². The summed E-state index contributed by atoms with van der Waals surface area (Å²) in [4.78, 5) is 33.6. The van der Waals surface area contributed by atoms with Crippen molar-refractivity contribution in [3.63, 3.8) is 0 Å². The molecule has 0 aliphatic heterocycles. The Bertz CT molecular complexity index is 1440. The molecule has 0 saturated carbocycles. The molecule has 2 amide bonds. The second-order valence-corrected chi connectivity index (χ2v) is 13.5. The molecule has 1 atom stereocenters. The van der Waals surface area contributed by atoms with Crippen LogP contribution in [0, 0.1) is 6.92 Å². The maximum atomic E-state index is 12.9. The van der Waals surface area contributed by atoms with Crippen LogP contribution in [0.3, 0.4) is 0 Å². The first-order valence-electron chi connectivity index (χ1n) is 11.5. The number of aromatic nitrogens is 2. The molecule has 190 valence electrons. The number of aryl methyl sites for hydroxylation is 1. The number of carbonyl (C=O) groups excluding carboxylic acids is 2. The molecule has 0 bridgehead atoms. The number of ether oxygens (including phenoxy) is 1. The first kappa shape index (κ1) is 26.9. The molecule has 2 aromatic carbocycles. The van der Waals surface area contributed by atoms with Gasteiger partial charge in [-0.2, -0.15) is 0 Å². The number of urea groups is 1. The van der Waals surface area contributed by atoms with Crippen molar-refractivity contribution in [2.75, 3.05) is 6.54 Å². The molecule has 0 radical (unpaired) electrons. The number of hydrogen-bond acceptors (Lipinski definition) is 5. The van der Waals surface area contributed by atoms with Gasteiger partial charge >= 0.3 is 231 Å². The summed E-state index contributed by atoms with van der Waals surface area (Å²) >= 11 is 10.9. The number of halogens is 2. The molecule has 4 rings (SSSR count). The van der Waals surface area contributed by atoms with E-state index in [0.29, 0.717) is 27.9 Å². The molecule has 0 spiro atoms. The van der Waals surface area contributed by atoms with Crippen LogP contribution in [-0.4, -0.2) is 41.8 Å². The Balaban J connectivity index is 1.40. The molecule has 2 aromatic heterocycles. The molecule has 0 aliphatic rings. The molecule has 0 fully saturated rings. The molecular formula is C27H25AsCl2N4O3. The van der Waals surface area contributed by atoms with Crippen LogP contribution in [0.15, 0.2) is 67.0 Å². The Morgan fingerprint density at radius 1 is 1.03 bits per heavy atom. The first-order valence-corrected chi connectivity index (χ1v) is 16.0. The van der Waals surface area contributed by atoms with E-state index in [0.717, 1.165) is 26.5 Å². The van der Waals surface area contributed by atoms with Gasteiger partial charge in [0.1, 0.15) is 0 Å². The molecule has 0 aliphatic carbocycles. The Hall–Kier alpha value is -3.12. The van der Waals surface area contributed by atoms with Crippen molar-refractivity contribution in [1.82, 2.24) is 20.6 Å². The third kappa shape index (κ3) is 6.80. The molecule has 1 unspecified atom stereocenters. The first-order chi connectivity index (χ1) is 17.8. The third-order valence-corrected chi connectivity index (χ3v) is 10.9. The summed E-state index contributed by atoms with van der Waals surface area (Å²) < 4.78 is 6.80. The number of nitrogens with zero attached hydrogens (tertiary/aromatic N) is 2. The summed E-state index contributed by atoms with van der Waals surface area (Å²) in [5.74, 6) is 0.627. The third-order valence-electron chi connectivity index (χ3n) is 5.67. The summed E-state index contributed by atoms with van der Waals surface area (Å²) in [5, 5.41) is 7.21. The molecular weight excluding hydrogens is 574 g/mol. The van der Waals surface area contributed by atoms with Crippen molar-refractivity contribution in [2.24, 2.45) is 0 Å². The van der Waals surface area contributed by atoms with Gasteiger partial charge < -0.3 is 0 Å². The predicted molar refractivity (Wildman–Crippen MR) is 148 cm³/mol. The van der Waals surface area contributed by atoms with E-state index in [1.807, 2.05) is 49.0 Å². The number of hydrogen-bond donors (Lipinski definition) is 2. The number of rotatable bonds is 9. The normalized spacial score (nSPS) is 11.7. The van der Waals surface area contributed by atoms with E-state index < -0.39 is 20.7 Å². The van der Waals surface area contributed by atoms with Gasteiger partial charge in [0.15, 0.2) is 0 Å². The van der Waals surface area contributed by atoms with Crippen LogP contribution in [0.2, 0.25) is 15.8 Å². The Kier molecular flexibility index (Phi) is 9.04. The Labute approximate surface area is 229 Å². The SMILES string of the molecule is Cc1ccc2cccc(OCc3c(Cl)ccc([As](C)C(=O)CNC(=O)NCc4cccnc4)c3Cl)c2n1. The van der Waals surface area contributed by atoms with Crippen LogP contribution >= 0.6 is 23.2 Å². The van der Waals surface area contributed by atoms with Gasteiger partial charge in [0.05, 0.1) is 0 Å². The zero-order valence-electron chi connectivity index (χ0n) is 20.3. The van der Waals surface area contributed by atoms with Gasteiger partial charge in [0.25, 0.3) is 0 Å². The maximum absolute atomic E-state index is 12.9. The van der Waals surface area contributed by atoms with Crippen molar-refractivity contribution in [3.8, 4) is 5.75 Å². The number of pyridine rings is 2. The number of para-hydroxylation sites is 1. The van der Waals surface area contributed by atoms with Crippen LogP contribution in [0.5, 0.6) is 5.75 Å². The fraction of sp³-hybridized carbons (Fsp3) is 0.185. The van der Waals surface area contributed by atoms with Gasteiger partial charge in [0.2, 0.25) is 0 Å². The zero-order chi connectivity index (χ0) is 26.4. The zero-order valence-corrected chi connectivity index (χ0v) is 23.7. The van der Waals surface area contributed by atoms with Crippen molar-refractivity contribution in [1.29, 1.82) is 0 Å². The summed E-state index contributed by atoms with van der Waals surface area (Å²) in [5.41, 5.74) is 5.02. The van der Waals surface area contributed by atoms with Crippen LogP contribution in [-0.2, 0) is 17.9 Å². The molecule has 2 heterocycles. The standard InChI is InChI=1S/C27H25AsCl2N4O3/c1-17-8-9-19-6-3-7-23(26(19)34-17)37-16-20-22(29)11-10-21(25(20)30)28(2)24(35)15-33-27(36)32-14-18-5-4-12-31-13-18/h3-13H,14-16H2,1-2H3,(H2,32,33,36). The van der Waals surface area contributed by atoms with Crippen LogP contribution in [0.25, 0.3) is 10.9 Å². The van der Waals surface area contributed by atoms with Gasteiger partial charge in [-0.15, -0.1) is 0 Å². The fourth-order valence-electron chi connectivity index (χ4n) is 3.62. The quantitative estimate of drug-likeness (QED) is 0.271. The molecule has 10 heteroatoms. The average Bonchev–Trinajstić information content (AvgIpc) is 2.90. The van der Waals surface area contributed by atoms with E-state index in [2.05, 4.69) is 20.6 Å². The summed E-state index contributed by atoms with van der Waals surface area (Å²) in [7, 11) is 0. The summed E-state index contributed by atoms with van der Waals surface area (Å²) in [6, 6.07) is 16.4. The van der Waals surface area contributed by atoms with Gasteiger partial charge in [-0.1, -0.05) is 0 Å². The van der Waals surface area contributed by atoms with Crippen LogP contribution in [0.1, 0.15) is 16.8 Å². The van der Waals surface area contributed by atoms with E-state index in [9.17, 15) is 9.59 Å².